The zero-order valence-electron chi connectivity index (χ0n) is 20.9. The number of rotatable bonds is 5. The van der Waals surface area contributed by atoms with Crippen LogP contribution in [0.4, 0.5) is 0 Å². The van der Waals surface area contributed by atoms with Gasteiger partial charge in [-0.25, -0.2) is 0 Å². The minimum Gasteiger partial charge on any atom is -0.355 e. The van der Waals surface area contributed by atoms with Crippen LogP contribution >= 0.6 is 0 Å². The number of fused-ring (bicyclic) bond motifs is 2. The monoisotopic (exact) mass is 475 g/mol. The topological polar surface area (TPSA) is 139 Å². The number of hydrogen-bond donors (Lipinski definition) is 4. The third kappa shape index (κ3) is 4.32. The van der Waals surface area contributed by atoms with Gasteiger partial charge in [0, 0.05) is 31.3 Å². The van der Waals surface area contributed by atoms with E-state index in [0.717, 1.165) is 22.3 Å². The number of aromatic amines is 1. The number of nitrogens with one attached hydrogen (secondary N) is 3. The third-order valence-electron chi connectivity index (χ3n) is 7.14. The van der Waals surface area contributed by atoms with Crippen LogP contribution in [0.2, 0.25) is 0 Å². The Morgan fingerprint density at radius 3 is 1.91 bits per heavy atom. The van der Waals surface area contributed by atoms with Crippen LogP contribution < -0.4 is 16.4 Å². The highest BCUT2D eigenvalue weighted by Crippen LogP contribution is 2.48. The first-order chi connectivity index (χ1) is 16.6. The lowest BCUT2D eigenvalue weighted by atomic mass is 9.65. The molecular formula is C26H33N7O2. The largest absolute Gasteiger partial charge is 0.355 e. The molecule has 0 saturated carbocycles. The second kappa shape index (κ2) is 9.22. The Morgan fingerprint density at radius 1 is 1.00 bits per heavy atom. The highest BCUT2D eigenvalue weighted by atomic mass is 16.2. The van der Waals surface area contributed by atoms with Crippen LogP contribution in [0.1, 0.15) is 76.0 Å². The number of tetrazole rings is 1. The normalized spacial score (nSPS) is 15.4. The number of carbonyl (C=O) groups is 2. The molecule has 0 unspecified atom stereocenters. The summed E-state index contributed by atoms with van der Waals surface area (Å²) in [5.74, 6) is 0.225. The Morgan fingerprint density at radius 2 is 1.51 bits per heavy atom. The highest BCUT2D eigenvalue weighted by Gasteiger charge is 2.47. The van der Waals surface area contributed by atoms with Gasteiger partial charge < -0.3 is 16.4 Å². The lowest BCUT2D eigenvalue weighted by molar-refractivity contribution is 0.0955. The van der Waals surface area contributed by atoms with E-state index >= 15 is 0 Å². The zero-order valence-corrected chi connectivity index (χ0v) is 20.9. The van der Waals surface area contributed by atoms with Crippen LogP contribution in [0.25, 0.3) is 0 Å². The van der Waals surface area contributed by atoms with Crippen LogP contribution in [-0.4, -0.2) is 52.6 Å². The van der Waals surface area contributed by atoms with Gasteiger partial charge in [-0.2, -0.15) is 5.21 Å². The molecule has 9 nitrogen and oxygen atoms in total. The van der Waals surface area contributed by atoms with E-state index in [9.17, 15) is 9.59 Å². The predicted octanol–water partition coefficient (Wildman–Crippen LogP) is 2.12. The summed E-state index contributed by atoms with van der Waals surface area (Å²) < 4.78 is 0. The van der Waals surface area contributed by atoms with Crippen LogP contribution in [0, 0.1) is 5.41 Å². The van der Waals surface area contributed by atoms with E-state index in [4.69, 9.17) is 5.73 Å². The molecule has 1 aliphatic carbocycles. The maximum absolute atomic E-state index is 12.4. The van der Waals surface area contributed by atoms with Crippen LogP contribution in [0.5, 0.6) is 0 Å². The molecule has 1 aromatic heterocycles. The molecule has 2 amide bonds. The van der Waals surface area contributed by atoms with Gasteiger partial charge >= 0.3 is 0 Å². The van der Waals surface area contributed by atoms with E-state index in [1.807, 2.05) is 36.4 Å². The average molecular weight is 476 g/mol. The van der Waals surface area contributed by atoms with E-state index in [-0.39, 0.29) is 23.3 Å². The summed E-state index contributed by atoms with van der Waals surface area (Å²) in [6.07, 6.45) is 1.90. The van der Waals surface area contributed by atoms with Gasteiger partial charge in [-0.1, -0.05) is 38.1 Å². The fraction of sp³-hybridized carbons (Fsp3) is 0.423. The fourth-order valence-corrected chi connectivity index (χ4v) is 4.95. The lowest BCUT2D eigenvalue weighted by Crippen LogP contribution is -2.44. The van der Waals surface area contributed by atoms with Gasteiger partial charge in [-0.3, -0.25) is 9.59 Å². The first kappa shape index (κ1) is 24.5. The Balaban J connectivity index is 2.04. The number of aromatic nitrogens is 4. The van der Waals surface area contributed by atoms with E-state index in [1.54, 1.807) is 14.1 Å². The summed E-state index contributed by atoms with van der Waals surface area (Å²) in [5.41, 5.74) is 11.0. The minimum atomic E-state index is -0.816. The number of amides is 2. The van der Waals surface area contributed by atoms with Crippen LogP contribution in [0.3, 0.4) is 0 Å². The Bertz CT molecular complexity index is 1180. The number of benzene rings is 2. The molecule has 35 heavy (non-hydrogen) atoms. The van der Waals surface area contributed by atoms with E-state index < -0.39 is 5.41 Å². The van der Waals surface area contributed by atoms with Crippen molar-refractivity contribution in [2.45, 2.75) is 51.5 Å². The summed E-state index contributed by atoms with van der Waals surface area (Å²) in [5, 5.41) is 20.9. The number of hydrogen-bond acceptors (Lipinski definition) is 6. The standard InChI is InChI=1S/C26H33N7O2/c1-25(2,3)21(27)14-26(24-30-32-33-31-24)19-10-8-17(22(34)28-4)12-15(19)6-7-16-13-18(23(35)29-5)9-11-20(16)26/h8-13,21H,6-7,14,27H2,1-5H3,(H,28,34)(H,29,35)(H,30,31,32,33)/t21-/m0/s1. The molecule has 0 saturated heterocycles. The van der Waals surface area contributed by atoms with E-state index in [0.29, 0.717) is 36.2 Å². The van der Waals surface area contributed by atoms with Crippen LogP contribution in [0.15, 0.2) is 36.4 Å². The van der Waals surface area contributed by atoms with Gasteiger partial charge in [0.05, 0.1) is 5.41 Å². The summed E-state index contributed by atoms with van der Waals surface area (Å²) in [6.45, 7) is 6.34. The molecule has 0 fully saturated rings. The van der Waals surface area contributed by atoms with Crippen molar-refractivity contribution in [3.8, 4) is 0 Å². The second-order valence-electron chi connectivity index (χ2n) is 10.2. The van der Waals surface area contributed by atoms with Gasteiger partial charge in [-0.15, -0.1) is 10.2 Å². The summed E-state index contributed by atoms with van der Waals surface area (Å²) in [7, 11) is 3.24. The highest BCUT2D eigenvalue weighted by molar-refractivity contribution is 5.95. The van der Waals surface area contributed by atoms with Crippen molar-refractivity contribution in [3.63, 3.8) is 0 Å². The summed E-state index contributed by atoms with van der Waals surface area (Å²) >= 11 is 0. The molecule has 0 radical (unpaired) electrons. The molecule has 0 aliphatic heterocycles. The molecule has 2 aromatic carbocycles. The first-order valence-corrected chi connectivity index (χ1v) is 11.8. The molecule has 1 heterocycles. The maximum Gasteiger partial charge on any atom is 0.251 e. The number of carbonyl (C=O) groups excluding carboxylic acids is 2. The SMILES string of the molecule is CNC(=O)c1ccc2c(c1)CCc1cc(C(=O)NC)ccc1C2(C[C@H](N)C(C)(C)C)c1nn[nH]n1. The van der Waals surface area contributed by atoms with Gasteiger partial charge in [0.25, 0.3) is 11.8 Å². The maximum atomic E-state index is 12.4. The molecule has 5 N–H and O–H groups in total. The molecule has 1 atom stereocenters. The number of H-pyrrole nitrogens is 1. The van der Waals surface area contributed by atoms with E-state index in [1.165, 1.54) is 0 Å². The van der Waals surface area contributed by atoms with Gasteiger partial charge in [-0.05, 0) is 71.2 Å². The Kier molecular flexibility index (Phi) is 6.46. The number of nitrogens with zero attached hydrogens (tertiary/aromatic N) is 3. The first-order valence-electron chi connectivity index (χ1n) is 11.8. The van der Waals surface area contributed by atoms with Gasteiger partial charge in [0.1, 0.15) is 0 Å². The van der Waals surface area contributed by atoms with Crippen molar-refractivity contribution in [3.05, 3.63) is 75.6 Å². The van der Waals surface area contributed by atoms with Crippen molar-refractivity contribution in [2.24, 2.45) is 11.1 Å². The quantitative estimate of drug-likeness (QED) is 0.446. The Labute approximate surface area is 205 Å². The fourth-order valence-electron chi connectivity index (χ4n) is 4.95. The predicted molar refractivity (Wildman–Crippen MR) is 133 cm³/mol. The molecule has 9 heteroatoms. The van der Waals surface area contributed by atoms with Gasteiger partial charge in [0.15, 0.2) is 5.82 Å². The molecule has 0 bridgehead atoms. The van der Waals surface area contributed by atoms with Crippen LogP contribution in [-0.2, 0) is 18.3 Å². The molecule has 184 valence electrons. The third-order valence-corrected chi connectivity index (χ3v) is 7.14. The van der Waals surface area contributed by atoms with Crippen molar-refractivity contribution in [2.75, 3.05) is 14.1 Å². The average Bonchev–Trinajstić information content (AvgIpc) is 3.35. The second-order valence-corrected chi connectivity index (χ2v) is 10.2. The molecular weight excluding hydrogens is 442 g/mol. The minimum absolute atomic E-state index is 0.145. The van der Waals surface area contributed by atoms with Gasteiger partial charge in [0.2, 0.25) is 0 Å². The smallest absolute Gasteiger partial charge is 0.251 e. The Hall–Kier alpha value is -3.59. The molecule has 4 rings (SSSR count). The molecule has 0 spiro atoms. The van der Waals surface area contributed by atoms with Crippen molar-refractivity contribution in [1.82, 2.24) is 31.3 Å². The summed E-state index contributed by atoms with van der Waals surface area (Å²) in [4.78, 5) is 24.9. The number of nitrogens with two attached hydrogens (primary N) is 1. The van der Waals surface area contributed by atoms with Crippen molar-refractivity contribution in [1.29, 1.82) is 0 Å². The van der Waals surface area contributed by atoms with Crippen molar-refractivity contribution < 1.29 is 9.59 Å². The number of aryl methyl sites for hydroxylation is 2. The zero-order chi connectivity index (χ0) is 25.4. The molecule has 3 aromatic rings. The lowest BCUT2D eigenvalue weighted by Gasteiger charge is -2.39. The summed E-state index contributed by atoms with van der Waals surface area (Å²) in [6, 6.07) is 11.3. The van der Waals surface area contributed by atoms with Crippen molar-refractivity contribution >= 4 is 11.8 Å². The molecule has 1 aliphatic rings. The van der Waals surface area contributed by atoms with E-state index in [2.05, 4.69) is 52.0 Å².